The number of hydrogen-bond donors (Lipinski definition) is 1. The minimum absolute atomic E-state index is 0.0938. The van der Waals surface area contributed by atoms with Crippen molar-refractivity contribution < 1.29 is 1.41 Å². The Balaban J connectivity index is 2.88. The van der Waals surface area contributed by atoms with Gasteiger partial charge in [0.2, 0.25) is 0 Å². The van der Waals surface area contributed by atoms with Gasteiger partial charge in [-0.1, -0.05) is 12.2 Å². The molecule has 0 amide bonds. The summed E-state index contributed by atoms with van der Waals surface area (Å²) in [6.07, 6.45) is 4.17. The summed E-state index contributed by atoms with van der Waals surface area (Å²) in [6, 6.07) is 0. The third kappa shape index (κ3) is 1.55. The van der Waals surface area contributed by atoms with Crippen molar-refractivity contribution in [3.05, 3.63) is 12.2 Å². The van der Waals surface area contributed by atoms with Gasteiger partial charge in [-0.25, -0.2) is 0 Å². The van der Waals surface area contributed by atoms with Crippen LogP contribution >= 0.6 is 0 Å². The van der Waals surface area contributed by atoms with Crippen LogP contribution < -0.4 is 5.31 Å². The fourth-order valence-electron chi connectivity index (χ4n) is 1.23. The summed E-state index contributed by atoms with van der Waals surface area (Å²) in [5.41, 5.74) is -0.188. The van der Waals surface area contributed by atoms with E-state index in [9.17, 15) is 0 Å². The van der Waals surface area contributed by atoms with E-state index in [1.54, 1.807) is 5.31 Å². The quantitative estimate of drug-likeness (QED) is 0.487. The Morgan fingerprint density at radius 3 is 1.56 bits per heavy atom. The molecule has 0 aromatic heterocycles. The standard InChI is InChI=1S/C8H15N/c1-7(2)5-6-8(3,4)9-7/h5-6,9H,1-4H3/i/hD. The second kappa shape index (κ2) is 1.60. The minimum atomic E-state index is -0.0938. The van der Waals surface area contributed by atoms with Crippen molar-refractivity contribution in [2.24, 2.45) is 0 Å². The number of nitrogens with one attached hydrogen (secondary N) is 1. The van der Waals surface area contributed by atoms with E-state index in [1.807, 2.05) is 27.7 Å². The molecule has 1 aliphatic rings. The molecule has 9 heavy (non-hydrogen) atoms. The van der Waals surface area contributed by atoms with Crippen LogP contribution in [0.5, 0.6) is 0 Å². The molecule has 1 N–H and O–H groups in total. The molecule has 0 aromatic carbocycles. The van der Waals surface area contributed by atoms with Gasteiger partial charge in [0.15, 0.2) is 0 Å². The molecule has 0 aromatic rings. The molecule has 0 bridgehead atoms. The molecule has 0 radical (unpaired) electrons. The Kier molecular flexibility index (Phi) is 0.974. The molecule has 0 unspecified atom stereocenters. The maximum Gasteiger partial charge on any atom is 0.124 e. The highest BCUT2D eigenvalue weighted by atomic mass is 15.0. The highest BCUT2D eigenvalue weighted by Gasteiger charge is 2.28. The third-order valence-electron chi connectivity index (χ3n) is 1.48. The second-order valence-corrected chi connectivity index (χ2v) is 3.75. The van der Waals surface area contributed by atoms with E-state index in [0.29, 0.717) is 0 Å². The van der Waals surface area contributed by atoms with Crippen LogP contribution in [0.2, 0.25) is 1.41 Å². The van der Waals surface area contributed by atoms with Gasteiger partial charge < -0.3 is 0 Å². The Bertz CT molecular complexity index is 152. The summed E-state index contributed by atoms with van der Waals surface area (Å²) < 4.78 is 7.71. The molecular weight excluding hydrogens is 110 g/mol. The molecule has 1 heteroatoms. The van der Waals surface area contributed by atoms with Gasteiger partial charge in [0.25, 0.3) is 0 Å². The van der Waals surface area contributed by atoms with Crippen molar-refractivity contribution in [2.45, 2.75) is 38.8 Å². The van der Waals surface area contributed by atoms with Crippen LogP contribution in [0.15, 0.2) is 12.2 Å². The number of rotatable bonds is 0. The maximum absolute atomic E-state index is 7.71. The van der Waals surface area contributed by atoms with Gasteiger partial charge in [-0.2, -0.15) is 0 Å². The van der Waals surface area contributed by atoms with Gasteiger partial charge in [0, 0.05) is 11.1 Å². The van der Waals surface area contributed by atoms with Crippen molar-refractivity contribution in [2.75, 3.05) is 0 Å². The summed E-state index contributed by atoms with van der Waals surface area (Å²) in [5, 5.41) is 1.62. The van der Waals surface area contributed by atoms with Crippen LogP contribution in [0.4, 0.5) is 0 Å². The smallest absolute Gasteiger partial charge is 0.124 e. The van der Waals surface area contributed by atoms with Gasteiger partial charge in [0.05, 0.1) is 0 Å². The van der Waals surface area contributed by atoms with E-state index in [1.165, 1.54) is 0 Å². The van der Waals surface area contributed by atoms with Gasteiger partial charge in [-0.3, -0.25) is 5.31 Å². The zero-order chi connectivity index (χ0) is 7.99. The van der Waals surface area contributed by atoms with E-state index >= 15 is 0 Å². The van der Waals surface area contributed by atoms with Gasteiger partial charge in [0.1, 0.15) is 1.41 Å². The van der Waals surface area contributed by atoms with Crippen LogP contribution in [0.1, 0.15) is 27.7 Å². The molecular formula is C8H15N. The first-order chi connectivity index (χ1) is 4.36. The monoisotopic (exact) mass is 126 g/mol. The molecule has 0 spiro atoms. The van der Waals surface area contributed by atoms with Crippen molar-refractivity contribution >= 4 is 0 Å². The minimum Gasteiger partial charge on any atom is -0.300 e. The average Bonchev–Trinajstić information content (AvgIpc) is 1.95. The van der Waals surface area contributed by atoms with Crippen molar-refractivity contribution in [3.8, 4) is 0 Å². The predicted molar refractivity (Wildman–Crippen MR) is 40.4 cm³/mol. The van der Waals surface area contributed by atoms with Crippen molar-refractivity contribution in [1.82, 2.24) is 5.31 Å². The van der Waals surface area contributed by atoms with Gasteiger partial charge in [-0.15, -0.1) is 0 Å². The summed E-state index contributed by atoms with van der Waals surface area (Å²) >= 11 is 0. The molecule has 1 nitrogen and oxygen atoms in total. The lowest BCUT2D eigenvalue weighted by Gasteiger charge is -2.25. The fraction of sp³-hybridized carbons (Fsp3) is 0.750. The molecule has 52 valence electrons. The molecule has 0 fully saturated rings. The van der Waals surface area contributed by atoms with Crippen LogP contribution in [0, 0.1) is 0 Å². The van der Waals surface area contributed by atoms with Crippen molar-refractivity contribution in [3.63, 3.8) is 0 Å². The van der Waals surface area contributed by atoms with E-state index < -0.39 is 0 Å². The maximum atomic E-state index is 7.71. The summed E-state index contributed by atoms with van der Waals surface area (Å²) in [4.78, 5) is 0. The van der Waals surface area contributed by atoms with Crippen LogP contribution in [0.25, 0.3) is 0 Å². The first-order valence-corrected chi connectivity index (χ1v) is 3.36. The molecule has 1 rings (SSSR count). The highest BCUT2D eigenvalue weighted by molar-refractivity contribution is 5.19. The first kappa shape index (κ1) is 5.48. The predicted octanol–water partition coefficient (Wildman–Crippen LogP) is 1.70. The van der Waals surface area contributed by atoms with E-state index in [0.717, 1.165) is 0 Å². The summed E-state index contributed by atoms with van der Waals surface area (Å²) in [5.74, 6) is 0. The molecule has 0 saturated heterocycles. The number of hydrogen-bond acceptors (Lipinski definition) is 1. The normalized spacial score (nSPS) is 32.7. The van der Waals surface area contributed by atoms with E-state index in [2.05, 4.69) is 12.2 Å². The summed E-state index contributed by atoms with van der Waals surface area (Å²) in [7, 11) is 0. The van der Waals surface area contributed by atoms with Crippen LogP contribution in [0.3, 0.4) is 0 Å². The largest absolute Gasteiger partial charge is 0.300 e. The third-order valence-corrected chi connectivity index (χ3v) is 1.48. The lowest BCUT2D eigenvalue weighted by molar-refractivity contribution is 0.397. The Labute approximate surface area is 58.6 Å². The molecule has 0 atom stereocenters. The topological polar surface area (TPSA) is 12.0 Å². The van der Waals surface area contributed by atoms with Gasteiger partial charge in [-0.05, 0) is 27.7 Å². The Morgan fingerprint density at radius 2 is 1.44 bits per heavy atom. The van der Waals surface area contributed by atoms with E-state index in [-0.39, 0.29) is 11.1 Å². The lowest BCUT2D eigenvalue weighted by Crippen LogP contribution is -2.44. The van der Waals surface area contributed by atoms with Crippen molar-refractivity contribution in [1.29, 1.82) is 0 Å². The summed E-state index contributed by atoms with van der Waals surface area (Å²) in [6.45, 7) is 8.19. The molecule has 1 aliphatic heterocycles. The SMILES string of the molecule is [2H]N1C(C)(C)C=CC1(C)C. The molecule has 0 saturated carbocycles. The van der Waals surface area contributed by atoms with Crippen LogP contribution in [-0.4, -0.2) is 11.1 Å². The highest BCUT2D eigenvalue weighted by Crippen LogP contribution is 2.21. The zero-order valence-corrected chi connectivity index (χ0v) is 6.60. The van der Waals surface area contributed by atoms with Gasteiger partial charge >= 0.3 is 0 Å². The van der Waals surface area contributed by atoms with E-state index in [4.69, 9.17) is 1.41 Å². The van der Waals surface area contributed by atoms with Crippen LogP contribution in [-0.2, 0) is 0 Å². The zero-order valence-electron chi connectivity index (χ0n) is 7.60. The lowest BCUT2D eigenvalue weighted by atomic mass is 10.1. The fourth-order valence-corrected chi connectivity index (χ4v) is 1.23. The Morgan fingerprint density at radius 1 is 1.11 bits per heavy atom. The average molecular weight is 126 g/mol. The Hall–Kier alpha value is -0.300. The molecule has 1 heterocycles. The molecule has 0 aliphatic carbocycles. The first-order valence-electron chi connectivity index (χ1n) is 3.81. The second-order valence-electron chi connectivity index (χ2n) is 3.75.